The number of rotatable bonds is 6. The normalized spacial score (nSPS) is 16.8. The molecule has 1 N–H and O–H groups in total. The Balaban J connectivity index is 1.59. The molecule has 1 aromatic carbocycles. The van der Waals surface area contributed by atoms with E-state index < -0.39 is 0 Å². The summed E-state index contributed by atoms with van der Waals surface area (Å²) in [6.07, 6.45) is 3.90. The van der Waals surface area contributed by atoms with E-state index in [1.165, 1.54) is 5.56 Å². The first-order valence-electron chi connectivity index (χ1n) is 9.19. The van der Waals surface area contributed by atoms with Gasteiger partial charge >= 0.3 is 0 Å². The molecule has 1 amide bonds. The maximum absolute atomic E-state index is 11.7. The molecular formula is C21H27N3O2. The van der Waals surface area contributed by atoms with E-state index in [-0.39, 0.29) is 11.9 Å². The van der Waals surface area contributed by atoms with Gasteiger partial charge < -0.3 is 10.1 Å². The molecule has 2 aromatic rings. The molecular weight excluding hydrogens is 326 g/mol. The highest BCUT2D eigenvalue weighted by molar-refractivity contribution is 5.73. The van der Waals surface area contributed by atoms with E-state index in [4.69, 9.17) is 4.74 Å². The predicted octanol–water partition coefficient (Wildman–Crippen LogP) is 3.18. The highest BCUT2D eigenvalue weighted by Gasteiger charge is 2.29. The fraction of sp³-hybridized carbons (Fsp3) is 0.429. The average Bonchev–Trinajstić information content (AvgIpc) is 2.68. The van der Waals surface area contributed by atoms with Crippen LogP contribution in [0, 0.1) is 5.92 Å². The quantitative estimate of drug-likeness (QED) is 0.867. The van der Waals surface area contributed by atoms with Crippen LogP contribution in [0.3, 0.4) is 0 Å². The molecule has 1 fully saturated rings. The molecule has 138 valence electrons. The van der Waals surface area contributed by atoms with Crippen LogP contribution in [0.1, 0.15) is 37.1 Å². The zero-order valence-corrected chi connectivity index (χ0v) is 15.5. The van der Waals surface area contributed by atoms with Crippen LogP contribution in [0.4, 0.5) is 0 Å². The number of piperidine rings is 1. The lowest BCUT2D eigenvalue weighted by molar-refractivity contribution is -0.120. The van der Waals surface area contributed by atoms with Crippen molar-refractivity contribution in [1.29, 1.82) is 0 Å². The maximum Gasteiger partial charge on any atom is 0.217 e. The third-order valence-corrected chi connectivity index (χ3v) is 5.03. The van der Waals surface area contributed by atoms with Gasteiger partial charge in [0.2, 0.25) is 5.91 Å². The lowest BCUT2D eigenvalue weighted by atomic mass is 9.87. The lowest BCUT2D eigenvalue weighted by Gasteiger charge is -2.36. The molecule has 26 heavy (non-hydrogen) atoms. The second-order valence-corrected chi connectivity index (χ2v) is 6.89. The van der Waals surface area contributed by atoms with Crippen molar-refractivity contribution in [2.45, 2.75) is 32.4 Å². The Morgan fingerprint density at radius 2 is 1.96 bits per heavy atom. The molecule has 0 unspecified atom stereocenters. The fourth-order valence-corrected chi connectivity index (χ4v) is 3.65. The number of pyridine rings is 1. The second-order valence-electron chi connectivity index (χ2n) is 6.89. The standard InChI is InChI=1S/C21H27N3O2/c1-16(25)23-21(20-5-3-4-12-22-20)18-10-13-24(14-11-18)15-17-6-8-19(26-2)9-7-17/h3-9,12,18,21H,10-11,13-15H2,1-2H3,(H,23,25)/t21-/m1/s1. The van der Waals surface area contributed by atoms with E-state index in [1.54, 1.807) is 20.2 Å². The van der Waals surface area contributed by atoms with Gasteiger partial charge in [-0.15, -0.1) is 0 Å². The average molecular weight is 353 g/mol. The van der Waals surface area contributed by atoms with Crippen molar-refractivity contribution >= 4 is 5.91 Å². The summed E-state index contributed by atoms with van der Waals surface area (Å²) in [7, 11) is 1.69. The van der Waals surface area contributed by atoms with Crippen molar-refractivity contribution in [1.82, 2.24) is 15.2 Å². The van der Waals surface area contributed by atoms with Gasteiger partial charge in [0.1, 0.15) is 5.75 Å². The minimum Gasteiger partial charge on any atom is -0.497 e. The van der Waals surface area contributed by atoms with Crippen molar-refractivity contribution in [2.75, 3.05) is 20.2 Å². The monoisotopic (exact) mass is 353 g/mol. The summed E-state index contributed by atoms with van der Waals surface area (Å²) in [5, 5.41) is 3.11. The summed E-state index contributed by atoms with van der Waals surface area (Å²) in [5.74, 6) is 1.31. The number of amides is 1. The van der Waals surface area contributed by atoms with Gasteiger partial charge in [-0.1, -0.05) is 18.2 Å². The first-order valence-corrected chi connectivity index (χ1v) is 9.19. The van der Waals surface area contributed by atoms with Gasteiger partial charge in [0.15, 0.2) is 0 Å². The molecule has 0 spiro atoms. The molecule has 0 radical (unpaired) electrons. The van der Waals surface area contributed by atoms with Gasteiger partial charge in [-0.3, -0.25) is 14.7 Å². The second kappa shape index (κ2) is 8.81. The van der Waals surface area contributed by atoms with E-state index in [0.29, 0.717) is 5.92 Å². The first-order chi connectivity index (χ1) is 12.7. The SMILES string of the molecule is COc1ccc(CN2CCC([C@@H](NC(C)=O)c3ccccn3)CC2)cc1. The molecule has 5 heteroatoms. The Kier molecular flexibility index (Phi) is 6.23. The molecule has 1 saturated heterocycles. The number of hydrogen-bond donors (Lipinski definition) is 1. The van der Waals surface area contributed by atoms with Crippen LogP contribution in [0.15, 0.2) is 48.7 Å². The molecule has 0 aliphatic carbocycles. The number of carbonyl (C=O) groups excluding carboxylic acids is 1. The largest absolute Gasteiger partial charge is 0.497 e. The van der Waals surface area contributed by atoms with Crippen molar-refractivity contribution < 1.29 is 9.53 Å². The number of likely N-dealkylation sites (tertiary alicyclic amines) is 1. The van der Waals surface area contributed by atoms with Crippen LogP contribution in [0.5, 0.6) is 5.75 Å². The number of nitrogens with zero attached hydrogens (tertiary/aromatic N) is 2. The maximum atomic E-state index is 11.7. The molecule has 0 bridgehead atoms. The minimum absolute atomic E-state index is 0.00122. The fourth-order valence-electron chi connectivity index (χ4n) is 3.65. The van der Waals surface area contributed by atoms with Crippen LogP contribution in [-0.2, 0) is 11.3 Å². The molecule has 1 aliphatic heterocycles. The Morgan fingerprint density at radius 1 is 1.23 bits per heavy atom. The number of nitrogens with one attached hydrogen (secondary N) is 1. The summed E-state index contributed by atoms with van der Waals surface area (Å²) in [6, 6.07) is 14.2. The number of hydrogen-bond acceptors (Lipinski definition) is 4. The topological polar surface area (TPSA) is 54.5 Å². The van der Waals surface area contributed by atoms with E-state index in [9.17, 15) is 4.79 Å². The summed E-state index contributed by atoms with van der Waals surface area (Å²) < 4.78 is 5.22. The summed E-state index contributed by atoms with van der Waals surface area (Å²) in [6.45, 7) is 4.58. The van der Waals surface area contributed by atoms with Crippen LogP contribution >= 0.6 is 0 Å². The third-order valence-electron chi connectivity index (χ3n) is 5.03. The van der Waals surface area contributed by atoms with Crippen molar-refractivity contribution in [3.8, 4) is 5.75 Å². The smallest absolute Gasteiger partial charge is 0.217 e. The van der Waals surface area contributed by atoms with Crippen LogP contribution < -0.4 is 10.1 Å². The minimum atomic E-state index is -0.00293. The molecule has 2 heterocycles. The van der Waals surface area contributed by atoms with Crippen molar-refractivity contribution in [2.24, 2.45) is 5.92 Å². The van der Waals surface area contributed by atoms with Crippen LogP contribution in [0.25, 0.3) is 0 Å². The zero-order valence-electron chi connectivity index (χ0n) is 15.5. The third kappa shape index (κ3) is 4.82. The number of carbonyl (C=O) groups is 1. The summed E-state index contributed by atoms with van der Waals surface area (Å²) >= 11 is 0. The van der Waals surface area contributed by atoms with Crippen LogP contribution in [-0.4, -0.2) is 36.0 Å². The van der Waals surface area contributed by atoms with Crippen molar-refractivity contribution in [3.63, 3.8) is 0 Å². The molecule has 3 rings (SSSR count). The summed E-state index contributed by atoms with van der Waals surface area (Å²) in [4.78, 5) is 18.6. The number of aromatic nitrogens is 1. The van der Waals surface area contributed by atoms with Gasteiger partial charge in [-0.25, -0.2) is 0 Å². The van der Waals surface area contributed by atoms with Gasteiger partial charge in [0.25, 0.3) is 0 Å². The Hall–Kier alpha value is -2.40. The molecule has 1 aliphatic rings. The van der Waals surface area contributed by atoms with Gasteiger partial charge in [-0.05, 0) is 61.7 Å². The molecule has 5 nitrogen and oxygen atoms in total. The van der Waals surface area contributed by atoms with Gasteiger partial charge in [-0.2, -0.15) is 0 Å². The molecule has 0 saturated carbocycles. The summed E-state index contributed by atoms with van der Waals surface area (Å²) in [5.41, 5.74) is 2.25. The predicted molar refractivity (Wildman–Crippen MR) is 102 cm³/mol. The Morgan fingerprint density at radius 3 is 2.54 bits per heavy atom. The highest BCUT2D eigenvalue weighted by Crippen LogP contribution is 2.30. The highest BCUT2D eigenvalue weighted by atomic mass is 16.5. The lowest BCUT2D eigenvalue weighted by Crippen LogP contribution is -2.40. The first kappa shape index (κ1) is 18.4. The zero-order chi connectivity index (χ0) is 18.4. The number of benzene rings is 1. The van der Waals surface area contributed by atoms with Gasteiger partial charge in [0, 0.05) is 19.7 Å². The molecule has 1 atom stereocenters. The molecule has 1 aromatic heterocycles. The van der Waals surface area contributed by atoms with Gasteiger partial charge in [0.05, 0.1) is 18.8 Å². The Bertz CT molecular complexity index is 695. The number of methoxy groups -OCH3 is 1. The van der Waals surface area contributed by atoms with E-state index in [1.807, 2.05) is 30.3 Å². The Labute approximate surface area is 155 Å². The van der Waals surface area contributed by atoms with E-state index in [2.05, 4.69) is 27.3 Å². The van der Waals surface area contributed by atoms with E-state index in [0.717, 1.165) is 43.9 Å². The van der Waals surface area contributed by atoms with E-state index >= 15 is 0 Å². The van der Waals surface area contributed by atoms with Crippen LogP contribution in [0.2, 0.25) is 0 Å². The number of ether oxygens (including phenoxy) is 1. The van der Waals surface area contributed by atoms with Crippen molar-refractivity contribution in [3.05, 3.63) is 59.9 Å².